The number of para-hydroxylation sites is 1. The number of esters is 1. The Morgan fingerprint density at radius 3 is 2.95 bits per heavy atom. The van der Waals surface area contributed by atoms with Crippen molar-refractivity contribution in [2.24, 2.45) is 0 Å². The van der Waals surface area contributed by atoms with Gasteiger partial charge < -0.3 is 14.4 Å². The van der Waals surface area contributed by atoms with Gasteiger partial charge in [-0.25, -0.2) is 4.79 Å². The van der Waals surface area contributed by atoms with Crippen molar-refractivity contribution in [1.29, 1.82) is 0 Å². The second-order valence-electron chi connectivity index (χ2n) is 5.19. The Balaban J connectivity index is 1.92. The lowest BCUT2D eigenvalue weighted by atomic mass is 10.1. The number of hydrogen-bond acceptors (Lipinski definition) is 3. The molecule has 1 N–H and O–H groups in total. The number of likely N-dealkylation sites (N-methyl/N-ethyl adjacent to an activating group) is 1. The molecule has 2 unspecified atom stereocenters. The largest absolute Gasteiger partial charge is 0.496 e. The molecule has 108 valence electrons. The smallest absolute Gasteiger partial charge is 0.331 e. The van der Waals surface area contributed by atoms with Gasteiger partial charge in [-0.3, -0.25) is 0 Å². The highest BCUT2D eigenvalue weighted by Gasteiger charge is 2.22. The molecule has 0 amide bonds. The zero-order valence-electron chi connectivity index (χ0n) is 12.1. The van der Waals surface area contributed by atoms with E-state index in [0.717, 1.165) is 37.2 Å². The van der Waals surface area contributed by atoms with Crippen LogP contribution in [0, 0.1) is 0 Å². The number of piperidine rings is 1. The highest BCUT2D eigenvalue weighted by Crippen LogP contribution is 2.18. The van der Waals surface area contributed by atoms with Crippen molar-refractivity contribution < 1.29 is 19.2 Å². The molecular formula is C16H22NO3+. The molecule has 1 aromatic carbocycles. The average Bonchev–Trinajstić information content (AvgIpc) is 2.45. The summed E-state index contributed by atoms with van der Waals surface area (Å²) in [4.78, 5) is 13.3. The second kappa shape index (κ2) is 7.10. The predicted molar refractivity (Wildman–Crippen MR) is 77.8 cm³/mol. The molecule has 2 atom stereocenters. The Morgan fingerprint density at radius 1 is 1.40 bits per heavy atom. The van der Waals surface area contributed by atoms with Crippen molar-refractivity contribution >= 4 is 12.0 Å². The molecule has 1 aliphatic rings. The lowest BCUT2D eigenvalue weighted by molar-refractivity contribution is -0.888. The maximum absolute atomic E-state index is 11.8. The molecule has 0 aromatic heterocycles. The van der Waals surface area contributed by atoms with Gasteiger partial charge >= 0.3 is 5.97 Å². The number of carbonyl (C=O) groups excluding carboxylic acids is 1. The Morgan fingerprint density at radius 2 is 2.20 bits per heavy atom. The van der Waals surface area contributed by atoms with E-state index in [1.54, 1.807) is 13.2 Å². The van der Waals surface area contributed by atoms with Gasteiger partial charge in [-0.05, 0) is 18.6 Å². The highest BCUT2D eigenvalue weighted by atomic mass is 16.5. The van der Waals surface area contributed by atoms with E-state index < -0.39 is 0 Å². The molecule has 1 aliphatic heterocycles. The van der Waals surface area contributed by atoms with Gasteiger partial charge in [0.05, 0.1) is 20.7 Å². The fraction of sp³-hybridized carbons (Fsp3) is 0.438. The summed E-state index contributed by atoms with van der Waals surface area (Å²) < 4.78 is 10.7. The third-order valence-electron chi connectivity index (χ3n) is 3.53. The van der Waals surface area contributed by atoms with Crippen molar-refractivity contribution in [2.45, 2.75) is 18.9 Å². The standard InChI is InChI=1S/C16H21NO3/c1-17-11-5-7-14(12-17)20-16(18)10-9-13-6-3-4-8-15(13)19-2/h3-4,6,8-10,14H,5,7,11-12H2,1-2H3/p+1. The van der Waals surface area contributed by atoms with Crippen LogP contribution in [0.3, 0.4) is 0 Å². The van der Waals surface area contributed by atoms with Gasteiger partial charge in [0.25, 0.3) is 0 Å². The average molecular weight is 276 g/mol. The Hall–Kier alpha value is -1.81. The van der Waals surface area contributed by atoms with E-state index in [-0.39, 0.29) is 12.1 Å². The topological polar surface area (TPSA) is 40.0 Å². The normalized spacial score (nSPS) is 22.7. The van der Waals surface area contributed by atoms with Gasteiger partial charge in [0, 0.05) is 18.1 Å². The summed E-state index contributed by atoms with van der Waals surface area (Å²) in [6.45, 7) is 2.05. The summed E-state index contributed by atoms with van der Waals surface area (Å²) in [5, 5.41) is 0. The van der Waals surface area contributed by atoms with Crippen LogP contribution in [0.15, 0.2) is 30.3 Å². The van der Waals surface area contributed by atoms with Gasteiger partial charge in [-0.2, -0.15) is 0 Å². The second-order valence-corrected chi connectivity index (χ2v) is 5.19. The molecule has 1 saturated heterocycles. The molecule has 0 radical (unpaired) electrons. The van der Waals surface area contributed by atoms with Crippen LogP contribution in [0.25, 0.3) is 6.08 Å². The van der Waals surface area contributed by atoms with E-state index in [1.807, 2.05) is 24.3 Å². The fourth-order valence-electron chi connectivity index (χ4n) is 2.49. The monoisotopic (exact) mass is 276 g/mol. The van der Waals surface area contributed by atoms with Gasteiger partial charge in [0.1, 0.15) is 12.3 Å². The van der Waals surface area contributed by atoms with Crippen LogP contribution in [0.5, 0.6) is 5.75 Å². The van der Waals surface area contributed by atoms with E-state index in [2.05, 4.69) is 7.05 Å². The highest BCUT2D eigenvalue weighted by molar-refractivity contribution is 5.87. The first kappa shape index (κ1) is 14.6. The van der Waals surface area contributed by atoms with Crippen LogP contribution >= 0.6 is 0 Å². The predicted octanol–water partition coefficient (Wildman–Crippen LogP) is 0.929. The van der Waals surface area contributed by atoms with Crippen molar-refractivity contribution in [3.05, 3.63) is 35.9 Å². The third-order valence-corrected chi connectivity index (χ3v) is 3.53. The minimum absolute atomic E-state index is 0.0403. The number of rotatable bonds is 4. The molecule has 1 heterocycles. The van der Waals surface area contributed by atoms with Crippen LogP contribution in [0.2, 0.25) is 0 Å². The SMILES string of the molecule is COc1ccccc1C=CC(=O)OC1CCC[NH+](C)C1. The zero-order valence-corrected chi connectivity index (χ0v) is 12.1. The van der Waals surface area contributed by atoms with E-state index in [0.29, 0.717) is 0 Å². The molecular weight excluding hydrogens is 254 g/mol. The number of ether oxygens (including phenoxy) is 2. The van der Waals surface area contributed by atoms with E-state index >= 15 is 0 Å². The van der Waals surface area contributed by atoms with Crippen LogP contribution < -0.4 is 9.64 Å². The number of quaternary nitrogens is 1. The summed E-state index contributed by atoms with van der Waals surface area (Å²) >= 11 is 0. The van der Waals surface area contributed by atoms with Crippen LogP contribution in [0.1, 0.15) is 18.4 Å². The number of methoxy groups -OCH3 is 1. The zero-order chi connectivity index (χ0) is 14.4. The van der Waals surface area contributed by atoms with E-state index in [1.165, 1.54) is 11.0 Å². The van der Waals surface area contributed by atoms with Gasteiger partial charge in [0.2, 0.25) is 0 Å². The molecule has 4 nitrogen and oxygen atoms in total. The van der Waals surface area contributed by atoms with Crippen molar-refractivity contribution in [2.75, 3.05) is 27.2 Å². The molecule has 0 spiro atoms. The fourth-order valence-corrected chi connectivity index (χ4v) is 2.49. The minimum atomic E-state index is -0.282. The Bertz CT molecular complexity index is 484. The Kier molecular flexibility index (Phi) is 5.18. The molecule has 1 aromatic rings. The number of nitrogens with one attached hydrogen (secondary N) is 1. The first-order chi connectivity index (χ1) is 9.69. The number of carbonyl (C=O) groups is 1. The number of benzene rings is 1. The number of likely N-dealkylation sites (tertiary alicyclic amines) is 1. The summed E-state index contributed by atoms with van der Waals surface area (Å²) in [5.74, 6) is 0.467. The maximum Gasteiger partial charge on any atom is 0.331 e. The summed E-state index contributed by atoms with van der Waals surface area (Å²) in [6.07, 6.45) is 5.33. The first-order valence-electron chi connectivity index (χ1n) is 7.02. The molecule has 1 fully saturated rings. The minimum Gasteiger partial charge on any atom is -0.496 e. The van der Waals surface area contributed by atoms with Crippen LogP contribution in [-0.4, -0.2) is 39.3 Å². The maximum atomic E-state index is 11.8. The van der Waals surface area contributed by atoms with Crippen LogP contribution in [0.4, 0.5) is 0 Å². The molecule has 20 heavy (non-hydrogen) atoms. The number of hydrogen-bond donors (Lipinski definition) is 1. The lowest BCUT2D eigenvalue weighted by Crippen LogP contribution is -3.11. The molecule has 0 saturated carbocycles. The van der Waals surface area contributed by atoms with E-state index in [4.69, 9.17) is 9.47 Å². The van der Waals surface area contributed by atoms with Gasteiger partial charge in [0.15, 0.2) is 6.10 Å². The van der Waals surface area contributed by atoms with E-state index in [9.17, 15) is 4.79 Å². The molecule has 0 bridgehead atoms. The molecule has 0 aliphatic carbocycles. The quantitative estimate of drug-likeness (QED) is 0.657. The van der Waals surface area contributed by atoms with Gasteiger partial charge in [-0.15, -0.1) is 0 Å². The molecule has 4 heteroatoms. The van der Waals surface area contributed by atoms with Crippen molar-refractivity contribution in [3.8, 4) is 5.75 Å². The summed E-state index contributed by atoms with van der Waals surface area (Å²) in [5.41, 5.74) is 0.873. The molecule has 2 rings (SSSR count). The van der Waals surface area contributed by atoms with Crippen molar-refractivity contribution in [3.63, 3.8) is 0 Å². The summed E-state index contributed by atoms with van der Waals surface area (Å²) in [7, 11) is 3.75. The Labute approximate surface area is 120 Å². The summed E-state index contributed by atoms with van der Waals surface area (Å²) in [6, 6.07) is 7.58. The van der Waals surface area contributed by atoms with Crippen molar-refractivity contribution in [1.82, 2.24) is 0 Å². The first-order valence-corrected chi connectivity index (χ1v) is 7.02. The lowest BCUT2D eigenvalue weighted by Gasteiger charge is -2.26. The third kappa shape index (κ3) is 4.10. The van der Waals surface area contributed by atoms with Crippen LogP contribution in [-0.2, 0) is 9.53 Å². The van der Waals surface area contributed by atoms with Gasteiger partial charge in [-0.1, -0.05) is 18.2 Å².